The lowest BCUT2D eigenvalue weighted by Gasteiger charge is -2.35. The molecule has 138 valence electrons. The first kappa shape index (κ1) is 18.9. The van der Waals surface area contributed by atoms with Crippen molar-refractivity contribution in [3.05, 3.63) is 114 Å². The minimum Gasteiger partial charge on any atom is -0.497 e. The van der Waals surface area contributed by atoms with E-state index in [9.17, 15) is 0 Å². The highest BCUT2D eigenvalue weighted by atomic mass is 16.5. The number of hydrogen-bond acceptors (Lipinski definition) is 2. The number of hydrogen-bond donors (Lipinski definition) is 1. The predicted molar refractivity (Wildman–Crippen MR) is 113 cm³/mol. The highest BCUT2D eigenvalue weighted by molar-refractivity contribution is 5.41. The Balaban J connectivity index is 1.86. The van der Waals surface area contributed by atoms with Crippen LogP contribution in [0, 0.1) is 0 Å². The van der Waals surface area contributed by atoms with Gasteiger partial charge in [-0.15, -0.1) is 6.58 Å². The number of methoxy groups -OCH3 is 1. The third-order valence-electron chi connectivity index (χ3n) is 5.06. The van der Waals surface area contributed by atoms with Crippen LogP contribution in [0.3, 0.4) is 0 Å². The number of allylic oxidation sites excluding steroid dienone is 1. The molecule has 0 atom stereocenters. The van der Waals surface area contributed by atoms with Crippen molar-refractivity contribution in [2.45, 2.75) is 18.4 Å². The Kier molecular flexibility index (Phi) is 6.45. The molecule has 27 heavy (non-hydrogen) atoms. The summed E-state index contributed by atoms with van der Waals surface area (Å²) in [5.74, 6) is 0.883. The summed E-state index contributed by atoms with van der Waals surface area (Å²) in [6.07, 6.45) is 2.89. The van der Waals surface area contributed by atoms with Crippen molar-refractivity contribution in [2.24, 2.45) is 0 Å². The van der Waals surface area contributed by atoms with Gasteiger partial charge in [0.2, 0.25) is 0 Å². The van der Waals surface area contributed by atoms with Crippen molar-refractivity contribution in [1.29, 1.82) is 0 Å². The second-order valence-electron chi connectivity index (χ2n) is 6.76. The number of nitrogens with one attached hydrogen (secondary N) is 1. The maximum Gasteiger partial charge on any atom is 0.118 e. The van der Waals surface area contributed by atoms with Crippen molar-refractivity contribution in [2.75, 3.05) is 13.7 Å². The first-order valence-corrected chi connectivity index (χ1v) is 9.34. The van der Waals surface area contributed by atoms with E-state index in [0.29, 0.717) is 0 Å². The molecular weight excluding hydrogens is 330 g/mol. The fourth-order valence-corrected chi connectivity index (χ4v) is 3.60. The Labute approximate surface area is 162 Å². The standard InChI is InChI=1S/C25H27NO/c1-3-18-25(22-10-6-4-7-11-22,23-12-8-5-9-13-23)20-26-19-21-14-16-24(27-2)17-15-21/h3-17,26H,1,18-20H2,2H3. The molecule has 0 aromatic heterocycles. The molecule has 0 saturated heterocycles. The van der Waals surface area contributed by atoms with E-state index in [0.717, 1.165) is 25.3 Å². The topological polar surface area (TPSA) is 21.3 Å². The molecule has 0 radical (unpaired) electrons. The third kappa shape index (κ3) is 4.47. The van der Waals surface area contributed by atoms with E-state index in [4.69, 9.17) is 4.74 Å². The van der Waals surface area contributed by atoms with Gasteiger partial charge in [-0.1, -0.05) is 78.9 Å². The lowest BCUT2D eigenvalue weighted by atomic mass is 9.72. The summed E-state index contributed by atoms with van der Waals surface area (Å²) in [5.41, 5.74) is 3.71. The zero-order valence-electron chi connectivity index (χ0n) is 15.9. The molecule has 0 heterocycles. The van der Waals surface area contributed by atoms with Gasteiger partial charge in [0.25, 0.3) is 0 Å². The molecule has 2 nitrogen and oxygen atoms in total. The van der Waals surface area contributed by atoms with Gasteiger partial charge in [0.15, 0.2) is 0 Å². The smallest absolute Gasteiger partial charge is 0.118 e. The summed E-state index contributed by atoms with van der Waals surface area (Å²) in [4.78, 5) is 0. The quantitative estimate of drug-likeness (QED) is 0.521. The summed E-state index contributed by atoms with van der Waals surface area (Å²) >= 11 is 0. The second-order valence-corrected chi connectivity index (χ2v) is 6.76. The van der Waals surface area contributed by atoms with Gasteiger partial charge in [-0.25, -0.2) is 0 Å². The molecule has 0 fully saturated rings. The summed E-state index contributed by atoms with van der Waals surface area (Å²) in [6.45, 7) is 5.68. The van der Waals surface area contributed by atoms with Crippen LogP contribution in [0.2, 0.25) is 0 Å². The van der Waals surface area contributed by atoms with Crippen LogP contribution in [0.15, 0.2) is 97.6 Å². The zero-order chi connectivity index (χ0) is 19.0. The van der Waals surface area contributed by atoms with E-state index in [2.05, 4.69) is 84.7 Å². The normalized spacial score (nSPS) is 11.1. The molecule has 0 aliphatic heterocycles. The minimum atomic E-state index is -0.142. The van der Waals surface area contributed by atoms with Crippen molar-refractivity contribution in [3.8, 4) is 5.75 Å². The third-order valence-corrected chi connectivity index (χ3v) is 5.06. The average Bonchev–Trinajstić information content (AvgIpc) is 2.75. The number of benzene rings is 3. The molecule has 3 aromatic rings. The first-order chi connectivity index (χ1) is 13.3. The van der Waals surface area contributed by atoms with Gasteiger partial charge in [0.1, 0.15) is 5.75 Å². The van der Waals surface area contributed by atoms with E-state index in [-0.39, 0.29) is 5.41 Å². The molecule has 0 bridgehead atoms. The zero-order valence-corrected chi connectivity index (χ0v) is 15.9. The van der Waals surface area contributed by atoms with Gasteiger partial charge in [0, 0.05) is 18.5 Å². The van der Waals surface area contributed by atoms with E-state index in [1.54, 1.807) is 7.11 Å². The molecule has 0 unspecified atom stereocenters. The summed E-state index contributed by atoms with van der Waals surface area (Å²) in [5, 5.41) is 3.67. The highest BCUT2D eigenvalue weighted by Crippen LogP contribution is 2.35. The monoisotopic (exact) mass is 357 g/mol. The molecule has 3 aromatic carbocycles. The summed E-state index contributed by atoms with van der Waals surface area (Å²) in [6, 6.07) is 29.6. The Bertz CT molecular complexity index is 786. The van der Waals surface area contributed by atoms with Crippen LogP contribution in [-0.2, 0) is 12.0 Å². The fourth-order valence-electron chi connectivity index (χ4n) is 3.60. The van der Waals surface area contributed by atoms with E-state index in [1.165, 1.54) is 16.7 Å². The van der Waals surface area contributed by atoms with Crippen LogP contribution < -0.4 is 10.1 Å². The summed E-state index contributed by atoms with van der Waals surface area (Å²) < 4.78 is 5.24. The minimum absolute atomic E-state index is 0.142. The molecule has 2 heteroatoms. The molecule has 0 spiro atoms. The fraction of sp³-hybridized carbons (Fsp3) is 0.200. The second kappa shape index (κ2) is 9.20. The molecule has 0 aliphatic rings. The van der Waals surface area contributed by atoms with Crippen LogP contribution in [0.5, 0.6) is 5.75 Å². The Morgan fingerprint density at radius 2 is 1.41 bits per heavy atom. The molecule has 3 rings (SSSR count). The molecule has 0 aliphatic carbocycles. The maximum atomic E-state index is 5.24. The van der Waals surface area contributed by atoms with Gasteiger partial charge in [-0.2, -0.15) is 0 Å². The Hall–Kier alpha value is -2.84. The first-order valence-electron chi connectivity index (χ1n) is 9.34. The molecular formula is C25H27NO. The summed E-state index contributed by atoms with van der Waals surface area (Å²) in [7, 11) is 1.69. The van der Waals surface area contributed by atoms with Crippen molar-refractivity contribution in [1.82, 2.24) is 5.32 Å². The van der Waals surface area contributed by atoms with Gasteiger partial charge >= 0.3 is 0 Å². The van der Waals surface area contributed by atoms with E-state index >= 15 is 0 Å². The number of ether oxygens (including phenoxy) is 1. The molecule has 0 saturated carbocycles. The lowest BCUT2D eigenvalue weighted by molar-refractivity contribution is 0.414. The van der Waals surface area contributed by atoms with Crippen LogP contribution in [-0.4, -0.2) is 13.7 Å². The largest absolute Gasteiger partial charge is 0.497 e. The van der Waals surface area contributed by atoms with Crippen LogP contribution in [0.25, 0.3) is 0 Å². The van der Waals surface area contributed by atoms with Gasteiger partial charge < -0.3 is 10.1 Å². The van der Waals surface area contributed by atoms with Gasteiger partial charge in [-0.3, -0.25) is 0 Å². The Morgan fingerprint density at radius 3 is 1.89 bits per heavy atom. The maximum absolute atomic E-state index is 5.24. The lowest BCUT2D eigenvalue weighted by Crippen LogP contribution is -2.38. The van der Waals surface area contributed by atoms with Crippen LogP contribution in [0.1, 0.15) is 23.1 Å². The number of rotatable bonds is 9. The van der Waals surface area contributed by atoms with Crippen molar-refractivity contribution >= 4 is 0 Å². The van der Waals surface area contributed by atoms with Gasteiger partial charge in [0.05, 0.1) is 7.11 Å². The Morgan fingerprint density at radius 1 is 0.852 bits per heavy atom. The van der Waals surface area contributed by atoms with Crippen LogP contribution in [0.4, 0.5) is 0 Å². The van der Waals surface area contributed by atoms with E-state index < -0.39 is 0 Å². The predicted octanol–water partition coefficient (Wildman–Crippen LogP) is 5.35. The van der Waals surface area contributed by atoms with Crippen molar-refractivity contribution < 1.29 is 4.74 Å². The SMILES string of the molecule is C=CCC(CNCc1ccc(OC)cc1)(c1ccccc1)c1ccccc1. The molecule has 0 amide bonds. The average molecular weight is 357 g/mol. The van der Waals surface area contributed by atoms with Crippen molar-refractivity contribution in [3.63, 3.8) is 0 Å². The van der Waals surface area contributed by atoms with E-state index in [1.807, 2.05) is 18.2 Å². The van der Waals surface area contributed by atoms with Gasteiger partial charge in [-0.05, 0) is 35.2 Å². The van der Waals surface area contributed by atoms with Crippen LogP contribution >= 0.6 is 0 Å². The highest BCUT2D eigenvalue weighted by Gasteiger charge is 2.32. The molecule has 1 N–H and O–H groups in total.